The van der Waals surface area contributed by atoms with Gasteiger partial charge in [-0.3, -0.25) is 9.59 Å². The van der Waals surface area contributed by atoms with Crippen LogP contribution in [0.3, 0.4) is 0 Å². The van der Waals surface area contributed by atoms with Crippen molar-refractivity contribution < 1.29 is 14.3 Å². The second-order valence-electron chi connectivity index (χ2n) is 9.11. The van der Waals surface area contributed by atoms with E-state index >= 15 is 0 Å². The maximum absolute atomic E-state index is 12.9. The van der Waals surface area contributed by atoms with Gasteiger partial charge < -0.3 is 19.9 Å². The summed E-state index contributed by atoms with van der Waals surface area (Å²) >= 11 is 0. The van der Waals surface area contributed by atoms with Crippen LogP contribution in [0, 0.1) is 5.92 Å². The number of ether oxygens (including phenoxy) is 1. The molecule has 0 spiro atoms. The Morgan fingerprint density at radius 2 is 1.67 bits per heavy atom. The van der Waals surface area contributed by atoms with Crippen LogP contribution in [0.2, 0.25) is 0 Å². The number of likely N-dealkylation sites (tertiary alicyclic amines) is 2. The first-order chi connectivity index (χ1) is 16.1. The summed E-state index contributed by atoms with van der Waals surface area (Å²) in [6, 6.07) is 16.0. The first-order valence-electron chi connectivity index (χ1n) is 12.1. The largest absolute Gasteiger partial charge is 0.497 e. The molecular weight excluding hydrogens is 414 g/mol. The molecule has 2 aromatic carbocycles. The molecule has 0 aliphatic carbocycles. The van der Waals surface area contributed by atoms with Gasteiger partial charge in [0.05, 0.1) is 7.11 Å². The van der Waals surface area contributed by atoms with Gasteiger partial charge in [0.2, 0.25) is 5.91 Å². The quantitative estimate of drug-likeness (QED) is 0.718. The molecule has 2 aliphatic heterocycles. The lowest BCUT2D eigenvalue weighted by Crippen LogP contribution is -2.49. The fraction of sp³-hybridized carbons (Fsp3) is 0.481. The van der Waals surface area contributed by atoms with Crippen molar-refractivity contribution in [3.05, 3.63) is 59.7 Å². The van der Waals surface area contributed by atoms with Crippen molar-refractivity contribution in [1.82, 2.24) is 9.80 Å². The fourth-order valence-corrected chi connectivity index (χ4v) is 4.97. The number of amides is 2. The monoisotopic (exact) mass is 449 g/mol. The Morgan fingerprint density at radius 1 is 0.970 bits per heavy atom. The molecule has 1 N–H and O–H groups in total. The molecular formula is C27H35N3O3. The van der Waals surface area contributed by atoms with E-state index in [1.54, 1.807) is 7.11 Å². The van der Waals surface area contributed by atoms with E-state index in [1.807, 2.05) is 41.3 Å². The molecule has 6 heteroatoms. The summed E-state index contributed by atoms with van der Waals surface area (Å²) < 4.78 is 5.24. The van der Waals surface area contributed by atoms with Crippen molar-refractivity contribution in [2.75, 3.05) is 38.6 Å². The number of carbonyl (C=O) groups is 2. The molecule has 6 nitrogen and oxygen atoms in total. The number of hydrogen-bond donors (Lipinski definition) is 1. The maximum atomic E-state index is 12.9. The third-order valence-electron chi connectivity index (χ3n) is 7.11. The minimum absolute atomic E-state index is 0.0419. The Kier molecular flexibility index (Phi) is 7.65. The van der Waals surface area contributed by atoms with Gasteiger partial charge in [-0.05, 0) is 75.0 Å². The van der Waals surface area contributed by atoms with E-state index in [1.165, 1.54) is 5.56 Å². The van der Waals surface area contributed by atoms with Gasteiger partial charge in [-0.15, -0.1) is 0 Å². The molecule has 2 saturated heterocycles. The van der Waals surface area contributed by atoms with E-state index in [0.29, 0.717) is 6.04 Å². The number of rotatable bonds is 6. The van der Waals surface area contributed by atoms with Gasteiger partial charge in [-0.25, -0.2) is 0 Å². The lowest BCUT2D eigenvalue weighted by atomic mass is 9.92. The van der Waals surface area contributed by atoms with Crippen LogP contribution in [0.25, 0.3) is 0 Å². The predicted octanol–water partition coefficient (Wildman–Crippen LogP) is 4.21. The number of piperidine rings is 2. The van der Waals surface area contributed by atoms with Gasteiger partial charge >= 0.3 is 0 Å². The molecule has 176 valence electrons. The highest BCUT2D eigenvalue weighted by Gasteiger charge is 2.32. The van der Waals surface area contributed by atoms with Crippen molar-refractivity contribution in [3.63, 3.8) is 0 Å². The number of aryl methyl sites for hydroxylation is 1. The topological polar surface area (TPSA) is 61.9 Å². The zero-order chi connectivity index (χ0) is 23.2. The maximum Gasteiger partial charge on any atom is 0.253 e. The van der Waals surface area contributed by atoms with Crippen LogP contribution in [0.15, 0.2) is 48.5 Å². The van der Waals surface area contributed by atoms with Gasteiger partial charge in [-0.1, -0.05) is 25.1 Å². The van der Waals surface area contributed by atoms with Crippen LogP contribution in [-0.4, -0.2) is 60.9 Å². The smallest absolute Gasteiger partial charge is 0.253 e. The van der Waals surface area contributed by atoms with Crippen molar-refractivity contribution in [2.45, 2.75) is 45.1 Å². The Balaban J connectivity index is 1.22. The normalized spacial score (nSPS) is 18.2. The van der Waals surface area contributed by atoms with Crippen LogP contribution in [0.4, 0.5) is 5.69 Å². The number of hydrogen-bond acceptors (Lipinski definition) is 4. The Bertz CT molecular complexity index is 943. The number of nitrogens with zero attached hydrogens (tertiary/aromatic N) is 2. The molecule has 2 fully saturated rings. The fourth-order valence-electron chi connectivity index (χ4n) is 4.97. The number of nitrogens with one attached hydrogen (secondary N) is 1. The van der Waals surface area contributed by atoms with Crippen LogP contribution in [-0.2, 0) is 11.2 Å². The van der Waals surface area contributed by atoms with E-state index in [9.17, 15) is 9.59 Å². The van der Waals surface area contributed by atoms with Crippen LogP contribution >= 0.6 is 0 Å². The highest BCUT2D eigenvalue weighted by atomic mass is 16.5. The van der Waals surface area contributed by atoms with Crippen molar-refractivity contribution in [1.29, 1.82) is 0 Å². The summed E-state index contributed by atoms with van der Waals surface area (Å²) in [5, 5.41) is 3.04. The first kappa shape index (κ1) is 23.3. The minimum Gasteiger partial charge on any atom is -0.497 e. The zero-order valence-corrected chi connectivity index (χ0v) is 19.8. The number of carbonyl (C=O) groups excluding carboxylic acids is 2. The van der Waals surface area contributed by atoms with Crippen molar-refractivity contribution >= 4 is 17.5 Å². The second-order valence-corrected chi connectivity index (χ2v) is 9.11. The minimum atomic E-state index is 0.0419. The van der Waals surface area contributed by atoms with Crippen LogP contribution in [0.1, 0.15) is 48.5 Å². The number of methoxy groups -OCH3 is 1. The Morgan fingerprint density at radius 3 is 2.30 bits per heavy atom. The molecule has 0 aromatic heterocycles. The van der Waals surface area contributed by atoms with Crippen molar-refractivity contribution in [2.24, 2.45) is 5.92 Å². The molecule has 0 atom stereocenters. The van der Waals surface area contributed by atoms with E-state index in [-0.39, 0.29) is 17.7 Å². The highest BCUT2D eigenvalue weighted by molar-refractivity contribution is 5.94. The summed E-state index contributed by atoms with van der Waals surface area (Å²) in [7, 11) is 1.63. The van der Waals surface area contributed by atoms with E-state index < -0.39 is 0 Å². The average Bonchev–Trinajstić information content (AvgIpc) is 2.88. The van der Waals surface area contributed by atoms with E-state index in [0.717, 1.165) is 75.3 Å². The molecule has 0 bridgehead atoms. The molecule has 2 aliphatic rings. The number of anilines is 1. The summed E-state index contributed by atoms with van der Waals surface area (Å²) in [5.41, 5.74) is 2.82. The predicted molar refractivity (Wildman–Crippen MR) is 131 cm³/mol. The molecule has 33 heavy (non-hydrogen) atoms. The van der Waals surface area contributed by atoms with E-state index in [2.05, 4.69) is 29.3 Å². The summed E-state index contributed by atoms with van der Waals surface area (Å²) in [6.07, 6.45) is 4.73. The van der Waals surface area contributed by atoms with Crippen molar-refractivity contribution in [3.8, 4) is 5.75 Å². The lowest BCUT2D eigenvalue weighted by molar-refractivity contribution is -0.121. The zero-order valence-electron chi connectivity index (χ0n) is 19.8. The molecule has 0 saturated carbocycles. The first-order valence-corrected chi connectivity index (χ1v) is 12.1. The lowest BCUT2D eigenvalue weighted by Gasteiger charge is -2.41. The van der Waals surface area contributed by atoms with Gasteiger partial charge in [0, 0.05) is 42.4 Å². The van der Waals surface area contributed by atoms with Crippen LogP contribution in [0.5, 0.6) is 5.75 Å². The van der Waals surface area contributed by atoms with Gasteiger partial charge in [0.1, 0.15) is 5.75 Å². The second kappa shape index (κ2) is 10.8. The number of benzene rings is 2. The average molecular weight is 450 g/mol. The molecule has 2 amide bonds. The molecule has 0 radical (unpaired) electrons. The third-order valence-corrected chi connectivity index (χ3v) is 7.11. The SMILES string of the molecule is CCc1ccc(C(=O)N2CCC(N3CCC(C(=O)Nc4cccc(OC)c4)CC3)CC2)cc1. The molecule has 2 aromatic rings. The Hall–Kier alpha value is -2.86. The molecule has 4 rings (SSSR count). The van der Waals surface area contributed by atoms with Gasteiger partial charge in [-0.2, -0.15) is 0 Å². The summed E-state index contributed by atoms with van der Waals surface area (Å²) in [6.45, 7) is 5.60. The van der Waals surface area contributed by atoms with Crippen LogP contribution < -0.4 is 10.1 Å². The molecule has 0 unspecified atom stereocenters. The Labute approximate surface area is 196 Å². The standard InChI is InChI=1S/C27H35N3O3/c1-3-20-7-9-22(10-8-20)27(32)30-17-13-24(14-18-30)29-15-11-21(12-16-29)26(31)28-23-5-4-6-25(19-23)33-2/h4-10,19,21,24H,3,11-18H2,1-2H3,(H,28,31). The van der Waals surface area contributed by atoms with E-state index in [4.69, 9.17) is 4.74 Å². The summed E-state index contributed by atoms with van der Waals surface area (Å²) in [4.78, 5) is 30.1. The van der Waals surface area contributed by atoms with Gasteiger partial charge in [0.15, 0.2) is 0 Å². The molecule has 2 heterocycles. The van der Waals surface area contributed by atoms with Gasteiger partial charge in [0.25, 0.3) is 5.91 Å². The third kappa shape index (κ3) is 5.74. The highest BCUT2D eigenvalue weighted by Crippen LogP contribution is 2.26. The summed E-state index contributed by atoms with van der Waals surface area (Å²) in [5.74, 6) is 1.02.